The van der Waals surface area contributed by atoms with Crippen molar-refractivity contribution >= 4 is 30.6 Å². The number of halogens is 2. The first-order valence-electron chi connectivity index (χ1n) is 7.86. The van der Waals surface area contributed by atoms with Crippen LogP contribution in [0.3, 0.4) is 0 Å². The minimum Gasteiger partial charge on any atom is -0.314 e. The zero-order valence-corrected chi connectivity index (χ0v) is 15.4. The van der Waals surface area contributed by atoms with Gasteiger partial charge < -0.3 is 5.32 Å². The van der Waals surface area contributed by atoms with Crippen molar-refractivity contribution in [1.29, 1.82) is 0 Å². The van der Waals surface area contributed by atoms with Gasteiger partial charge in [-0.1, -0.05) is 54.6 Å². The molecule has 5 heteroatoms. The van der Waals surface area contributed by atoms with Crippen LogP contribution < -0.4 is 5.32 Å². The number of ketones is 1. The highest BCUT2D eigenvalue weighted by molar-refractivity contribution is 5.94. The highest BCUT2D eigenvalue weighted by atomic mass is 35.5. The van der Waals surface area contributed by atoms with Crippen LogP contribution in [0.2, 0.25) is 0 Å². The molecule has 24 heavy (non-hydrogen) atoms. The summed E-state index contributed by atoms with van der Waals surface area (Å²) in [6.45, 7) is 5.73. The third-order valence-electron chi connectivity index (χ3n) is 4.26. The molecule has 1 N–H and O–H groups in total. The van der Waals surface area contributed by atoms with Crippen molar-refractivity contribution in [2.75, 3.05) is 26.2 Å². The molecule has 1 unspecified atom stereocenters. The van der Waals surface area contributed by atoms with Gasteiger partial charge in [0, 0.05) is 31.7 Å². The second-order valence-electron chi connectivity index (χ2n) is 5.78. The van der Waals surface area contributed by atoms with Gasteiger partial charge in [-0.25, -0.2) is 0 Å². The molecule has 1 heterocycles. The van der Waals surface area contributed by atoms with Crippen LogP contribution in [-0.4, -0.2) is 36.9 Å². The van der Waals surface area contributed by atoms with E-state index in [4.69, 9.17) is 0 Å². The van der Waals surface area contributed by atoms with Gasteiger partial charge in [0.2, 0.25) is 0 Å². The van der Waals surface area contributed by atoms with E-state index in [0.29, 0.717) is 0 Å². The number of nitrogens with one attached hydrogen (secondary N) is 1. The van der Waals surface area contributed by atoms with E-state index in [1.54, 1.807) is 6.92 Å². The Balaban J connectivity index is 0.00000144. The number of carbonyl (C=O) groups is 1. The fourth-order valence-corrected chi connectivity index (χ4v) is 3.09. The van der Waals surface area contributed by atoms with Crippen LogP contribution >= 0.6 is 24.8 Å². The number of piperazine rings is 1. The Morgan fingerprint density at radius 2 is 1.46 bits per heavy atom. The van der Waals surface area contributed by atoms with Crippen molar-refractivity contribution in [3.63, 3.8) is 0 Å². The predicted molar refractivity (Wildman–Crippen MR) is 104 cm³/mol. The molecule has 0 bridgehead atoms. The summed E-state index contributed by atoms with van der Waals surface area (Å²) in [7, 11) is 0. The zero-order valence-electron chi connectivity index (χ0n) is 13.8. The Labute approximate surface area is 156 Å². The van der Waals surface area contributed by atoms with Crippen LogP contribution in [0.5, 0.6) is 0 Å². The molecule has 1 saturated heterocycles. The molecule has 2 aromatic carbocycles. The second kappa shape index (κ2) is 9.80. The van der Waals surface area contributed by atoms with Gasteiger partial charge in [-0.3, -0.25) is 9.69 Å². The van der Waals surface area contributed by atoms with Crippen molar-refractivity contribution in [3.8, 4) is 0 Å². The van der Waals surface area contributed by atoms with E-state index in [0.717, 1.165) is 31.7 Å². The number of hydrogen-bond acceptors (Lipinski definition) is 3. The molecule has 0 spiro atoms. The number of nitrogens with zero attached hydrogens (tertiary/aromatic N) is 1. The van der Waals surface area contributed by atoms with E-state index < -0.39 is 0 Å². The lowest BCUT2D eigenvalue weighted by atomic mass is 9.95. The highest BCUT2D eigenvalue weighted by Crippen LogP contribution is 2.29. The van der Waals surface area contributed by atoms with Gasteiger partial charge in [0.1, 0.15) is 0 Å². The maximum atomic E-state index is 11.5. The summed E-state index contributed by atoms with van der Waals surface area (Å²) >= 11 is 0. The molecule has 0 amide bonds. The normalized spacial score (nSPS) is 15.7. The fourth-order valence-electron chi connectivity index (χ4n) is 3.09. The fraction of sp³-hybridized carbons (Fsp3) is 0.316. The van der Waals surface area contributed by atoms with Crippen LogP contribution in [0.15, 0.2) is 54.6 Å². The van der Waals surface area contributed by atoms with E-state index in [1.165, 1.54) is 11.1 Å². The van der Waals surface area contributed by atoms with Gasteiger partial charge in [-0.15, -0.1) is 24.8 Å². The second-order valence-corrected chi connectivity index (χ2v) is 5.78. The highest BCUT2D eigenvalue weighted by Gasteiger charge is 2.23. The number of carbonyl (C=O) groups excluding carboxylic acids is 1. The Hall–Kier alpha value is -1.39. The number of Topliss-reactive ketones (excluding diaryl/α,β-unsaturated/α-hetero) is 1. The lowest BCUT2D eigenvalue weighted by Crippen LogP contribution is -2.45. The van der Waals surface area contributed by atoms with Crippen LogP contribution in [0.1, 0.15) is 34.5 Å². The molecule has 0 aromatic heterocycles. The maximum absolute atomic E-state index is 11.5. The molecule has 3 nitrogen and oxygen atoms in total. The van der Waals surface area contributed by atoms with E-state index >= 15 is 0 Å². The first-order chi connectivity index (χ1) is 10.8. The summed E-state index contributed by atoms with van der Waals surface area (Å²) in [5, 5.41) is 3.41. The molecule has 0 radical (unpaired) electrons. The maximum Gasteiger partial charge on any atom is 0.159 e. The lowest BCUT2D eigenvalue weighted by Gasteiger charge is -2.35. The molecule has 0 saturated carbocycles. The molecule has 1 atom stereocenters. The van der Waals surface area contributed by atoms with Crippen molar-refractivity contribution in [2.24, 2.45) is 0 Å². The average molecular weight is 367 g/mol. The average Bonchev–Trinajstić information content (AvgIpc) is 2.57. The summed E-state index contributed by atoms with van der Waals surface area (Å²) < 4.78 is 0. The predicted octanol–water partition coefficient (Wildman–Crippen LogP) is 3.73. The van der Waals surface area contributed by atoms with Crippen molar-refractivity contribution in [1.82, 2.24) is 10.2 Å². The molecule has 0 aliphatic carbocycles. The summed E-state index contributed by atoms with van der Waals surface area (Å²) in [4.78, 5) is 14.0. The first-order valence-corrected chi connectivity index (χ1v) is 7.86. The Bertz CT molecular complexity index is 626. The Morgan fingerprint density at radius 1 is 0.917 bits per heavy atom. The Kier molecular flexibility index (Phi) is 8.43. The van der Waals surface area contributed by atoms with Gasteiger partial charge in [0.25, 0.3) is 0 Å². The molecule has 2 aromatic rings. The van der Waals surface area contributed by atoms with Gasteiger partial charge in [0.05, 0.1) is 6.04 Å². The summed E-state index contributed by atoms with van der Waals surface area (Å²) in [5.41, 5.74) is 3.33. The van der Waals surface area contributed by atoms with Crippen molar-refractivity contribution in [3.05, 3.63) is 71.3 Å². The third kappa shape index (κ3) is 4.81. The SMILES string of the molecule is CC(=O)c1ccc(C(c2ccccc2)N2CCNCC2)cc1.Cl.Cl. The Morgan fingerprint density at radius 3 is 2.00 bits per heavy atom. The minimum atomic E-state index is 0. The number of hydrogen-bond donors (Lipinski definition) is 1. The van der Waals surface area contributed by atoms with Gasteiger partial charge >= 0.3 is 0 Å². The minimum absolute atomic E-state index is 0. The molecular weight excluding hydrogens is 343 g/mol. The largest absolute Gasteiger partial charge is 0.314 e. The standard InChI is InChI=1S/C19H22N2O.2ClH/c1-15(22)16-7-9-18(10-8-16)19(17-5-3-2-4-6-17)21-13-11-20-12-14-21;;/h2-10,19-20H,11-14H2,1H3;2*1H. The summed E-state index contributed by atoms with van der Waals surface area (Å²) in [6.07, 6.45) is 0. The topological polar surface area (TPSA) is 32.3 Å². The molecule has 1 aliphatic rings. The van der Waals surface area contributed by atoms with Crippen molar-refractivity contribution in [2.45, 2.75) is 13.0 Å². The van der Waals surface area contributed by atoms with E-state index in [9.17, 15) is 4.79 Å². The van der Waals surface area contributed by atoms with Gasteiger partial charge in [-0.2, -0.15) is 0 Å². The van der Waals surface area contributed by atoms with Crippen LogP contribution in [0, 0.1) is 0 Å². The third-order valence-corrected chi connectivity index (χ3v) is 4.26. The quantitative estimate of drug-likeness (QED) is 0.836. The van der Waals surface area contributed by atoms with E-state index in [2.05, 4.69) is 52.7 Å². The van der Waals surface area contributed by atoms with Crippen LogP contribution in [0.4, 0.5) is 0 Å². The molecule has 130 valence electrons. The smallest absolute Gasteiger partial charge is 0.159 e. The number of benzene rings is 2. The summed E-state index contributed by atoms with van der Waals surface area (Å²) in [6, 6.07) is 18.9. The molecular formula is C19H24Cl2N2O. The van der Waals surface area contributed by atoms with E-state index in [1.807, 2.05) is 12.1 Å². The summed E-state index contributed by atoms with van der Waals surface area (Å²) in [5.74, 6) is 0.116. The molecule has 3 rings (SSSR count). The van der Waals surface area contributed by atoms with Crippen LogP contribution in [-0.2, 0) is 0 Å². The molecule has 1 aliphatic heterocycles. The lowest BCUT2D eigenvalue weighted by molar-refractivity contribution is 0.101. The zero-order chi connectivity index (χ0) is 15.4. The van der Waals surface area contributed by atoms with Crippen LogP contribution in [0.25, 0.3) is 0 Å². The number of rotatable bonds is 4. The monoisotopic (exact) mass is 366 g/mol. The first kappa shape index (κ1) is 20.7. The molecule has 1 fully saturated rings. The van der Waals surface area contributed by atoms with Crippen molar-refractivity contribution < 1.29 is 4.79 Å². The van der Waals surface area contributed by atoms with E-state index in [-0.39, 0.29) is 36.6 Å². The van der Waals surface area contributed by atoms with Gasteiger partial charge in [0.15, 0.2) is 5.78 Å². The van der Waals surface area contributed by atoms with Gasteiger partial charge in [-0.05, 0) is 18.1 Å².